The third-order valence-electron chi connectivity index (χ3n) is 5.30. The highest BCUT2D eigenvalue weighted by Gasteiger charge is 2.29. The lowest BCUT2D eigenvalue weighted by molar-refractivity contribution is -0.139. The van der Waals surface area contributed by atoms with Crippen LogP contribution in [0.5, 0.6) is 5.75 Å². The topological polar surface area (TPSA) is 97.8 Å². The van der Waals surface area contributed by atoms with Crippen LogP contribution in [-0.2, 0) is 14.3 Å². The van der Waals surface area contributed by atoms with E-state index in [1.165, 1.54) is 18.3 Å². The second-order valence-electron chi connectivity index (χ2n) is 7.71. The summed E-state index contributed by atoms with van der Waals surface area (Å²) in [6.45, 7) is 3.58. The number of ether oxygens (including phenoxy) is 2. The van der Waals surface area contributed by atoms with Gasteiger partial charge in [-0.25, -0.2) is 9.78 Å². The number of aromatic nitrogens is 1. The Hall–Kier alpha value is -3.13. The number of nitrogens with one attached hydrogen (secondary N) is 1. The molecule has 32 heavy (non-hydrogen) atoms. The summed E-state index contributed by atoms with van der Waals surface area (Å²) in [5.41, 5.74) is 0.591. The molecule has 3 rings (SSSR count). The minimum absolute atomic E-state index is 0.0482. The van der Waals surface area contributed by atoms with Gasteiger partial charge < -0.3 is 19.7 Å². The van der Waals surface area contributed by atoms with Gasteiger partial charge in [0.05, 0.1) is 11.3 Å². The molecule has 0 saturated carbocycles. The molecule has 2 atom stereocenters. The third-order valence-corrected chi connectivity index (χ3v) is 5.60. The van der Waals surface area contributed by atoms with E-state index in [2.05, 4.69) is 24.1 Å². The van der Waals surface area contributed by atoms with Gasteiger partial charge in [-0.3, -0.25) is 9.59 Å². The van der Waals surface area contributed by atoms with E-state index in [0.717, 1.165) is 19.3 Å². The molecule has 2 unspecified atom stereocenters. The molecule has 1 aromatic heterocycles. The van der Waals surface area contributed by atoms with Gasteiger partial charge in [0, 0.05) is 18.3 Å². The van der Waals surface area contributed by atoms with Crippen molar-refractivity contribution in [2.24, 2.45) is 0 Å². The Morgan fingerprint density at radius 1 is 1.09 bits per heavy atom. The Morgan fingerprint density at radius 2 is 1.78 bits per heavy atom. The fraction of sp³-hybridized carbons (Fsp3) is 0.391. The first-order valence-corrected chi connectivity index (χ1v) is 10.8. The Morgan fingerprint density at radius 3 is 2.44 bits per heavy atom. The Labute approximate surface area is 191 Å². The molecule has 170 valence electrons. The van der Waals surface area contributed by atoms with Crippen LogP contribution in [0.3, 0.4) is 0 Å². The molecule has 0 bridgehead atoms. The van der Waals surface area contributed by atoms with Crippen molar-refractivity contribution in [2.75, 3.05) is 18.5 Å². The first-order chi connectivity index (χ1) is 15.3. The molecule has 2 amide bonds. The Bertz CT molecular complexity index is 956. The minimum atomic E-state index is -0.656. The standard InChI is InChI=1S/C23H26ClN3O5/c1-15-5-3-6-16(2)27(15)21(29)14-31-18-10-8-17(9-11-18)23(30)32-13-20(28)26-19-7-4-12-25-22(19)24/h4,7-12,15-16H,3,5-6,13-14H2,1-2H3,(H,26,28). The van der Waals surface area contributed by atoms with Crippen LogP contribution in [0, 0.1) is 0 Å². The monoisotopic (exact) mass is 459 g/mol. The molecule has 0 aliphatic carbocycles. The van der Waals surface area contributed by atoms with Crippen LogP contribution in [0.25, 0.3) is 0 Å². The molecule has 2 heterocycles. The average molecular weight is 460 g/mol. The highest BCUT2D eigenvalue weighted by molar-refractivity contribution is 6.32. The molecule has 1 aliphatic rings. The van der Waals surface area contributed by atoms with E-state index in [1.54, 1.807) is 24.3 Å². The summed E-state index contributed by atoms with van der Waals surface area (Å²) in [5, 5.41) is 2.66. The molecule has 1 aromatic carbocycles. The number of hydrogen-bond donors (Lipinski definition) is 1. The van der Waals surface area contributed by atoms with Crippen molar-refractivity contribution in [3.63, 3.8) is 0 Å². The number of rotatable bonds is 7. The van der Waals surface area contributed by atoms with E-state index in [9.17, 15) is 14.4 Å². The number of anilines is 1. The van der Waals surface area contributed by atoms with Gasteiger partial charge in [0.2, 0.25) is 0 Å². The van der Waals surface area contributed by atoms with Crippen molar-refractivity contribution in [1.82, 2.24) is 9.88 Å². The van der Waals surface area contributed by atoms with E-state index in [1.807, 2.05) is 4.90 Å². The number of nitrogens with zero attached hydrogens (tertiary/aromatic N) is 2. The van der Waals surface area contributed by atoms with Crippen LogP contribution in [0.2, 0.25) is 5.15 Å². The number of esters is 1. The highest BCUT2D eigenvalue weighted by atomic mass is 35.5. The van der Waals surface area contributed by atoms with Crippen molar-refractivity contribution in [3.8, 4) is 5.75 Å². The number of hydrogen-bond acceptors (Lipinski definition) is 6. The summed E-state index contributed by atoms with van der Waals surface area (Å²) in [5.74, 6) is -0.770. The van der Waals surface area contributed by atoms with Gasteiger partial charge >= 0.3 is 5.97 Å². The van der Waals surface area contributed by atoms with Gasteiger partial charge in [0.1, 0.15) is 5.75 Å². The van der Waals surface area contributed by atoms with E-state index < -0.39 is 18.5 Å². The van der Waals surface area contributed by atoms with Crippen molar-refractivity contribution < 1.29 is 23.9 Å². The lowest BCUT2D eigenvalue weighted by atomic mass is 9.97. The van der Waals surface area contributed by atoms with Crippen LogP contribution in [0.4, 0.5) is 5.69 Å². The van der Waals surface area contributed by atoms with E-state index in [-0.39, 0.29) is 35.3 Å². The van der Waals surface area contributed by atoms with E-state index in [4.69, 9.17) is 21.1 Å². The van der Waals surface area contributed by atoms with Gasteiger partial charge in [-0.2, -0.15) is 0 Å². The van der Waals surface area contributed by atoms with Gasteiger partial charge in [-0.05, 0) is 69.5 Å². The van der Waals surface area contributed by atoms with Crippen LogP contribution in [0.15, 0.2) is 42.6 Å². The molecule has 0 radical (unpaired) electrons. The quantitative estimate of drug-likeness (QED) is 0.500. The molecule has 1 saturated heterocycles. The smallest absolute Gasteiger partial charge is 0.338 e. The molecule has 2 aromatic rings. The van der Waals surface area contributed by atoms with Crippen molar-refractivity contribution in [2.45, 2.75) is 45.2 Å². The summed E-state index contributed by atoms with van der Waals surface area (Å²) in [4.78, 5) is 42.4. The number of carbonyl (C=O) groups excluding carboxylic acids is 3. The number of pyridine rings is 1. The maximum absolute atomic E-state index is 12.5. The Balaban J connectivity index is 1.46. The van der Waals surface area contributed by atoms with E-state index >= 15 is 0 Å². The van der Waals surface area contributed by atoms with Crippen LogP contribution >= 0.6 is 11.6 Å². The van der Waals surface area contributed by atoms with Crippen LogP contribution in [-0.4, -0.2) is 53.0 Å². The lowest BCUT2D eigenvalue weighted by Gasteiger charge is -2.38. The average Bonchev–Trinajstić information content (AvgIpc) is 2.78. The zero-order chi connectivity index (χ0) is 23.1. The molecule has 0 spiro atoms. The summed E-state index contributed by atoms with van der Waals surface area (Å²) >= 11 is 5.88. The van der Waals surface area contributed by atoms with Gasteiger partial charge in [-0.1, -0.05) is 11.6 Å². The number of piperidine rings is 1. The summed E-state index contributed by atoms with van der Waals surface area (Å²) in [6.07, 6.45) is 4.62. The van der Waals surface area contributed by atoms with Gasteiger partial charge in [0.15, 0.2) is 18.4 Å². The van der Waals surface area contributed by atoms with Gasteiger partial charge in [0.25, 0.3) is 11.8 Å². The third kappa shape index (κ3) is 6.20. The molecular weight excluding hydrogens is 434 g/mol. The normalized spacial score (nSPS) is 18.0. The summed E-state index contributed by atoms with van der Waals surface area (Å²) < 4.78 is 10.6. The largest absolute Gasteiger partial charge is 0.484 e. The number of amides is 2. The van der Waals surface area contributed by atoms with Crippen molar-refractivity contribution in [1.29, 1.82) is 0 Å². The molecule has 1 N–H and O–H groups in total. The molecular formula is C23H26ClN3O5. The summed E-state index contributed by atoms with van der Waals surface area (Å²) in [6, 6.07) is 9.83. The zero-order valence-electron chi connectivity index (χ0n) is 18.0. The van der Waals surface area contributed by atoms with Crippen molar-refractivity contribution >= 4 is 35.1 Å². The highest BCUT2D eigenvalue weighted by Crippen LogP contribution is 2.23. The predicted octanol–water partition coefficient (Wildman–Crippen LogP) is 3.70. The Kier molecular flexibility index (Phi) is 8.05. The number of likely N-dealkylation sites (tertiary alicyclic amines) is 1. The predicted molar refractivity (Wildman–Crippen MR) is 120 cm³/mol. The first kappa shape index (κ1) is 23.5. The summed E-state index contributed by atoms with van der Waals surface area (Å²) in [7, 11) is 0. The minimum Gasteiger partial charge on any atom is -0.484 e. The van der Waals surface area contributed by atoms with E-state index in [0.29, 0.717) is 11.4 Å². The second kappa shape index (κ2) is 10.9. The fourth-order valence-corrected chi connectivity index (χ4v) is 3.87. The second-order valence-corrected chi connectivity index (χ2v) is 8.07. The molecule has 9 heteroatoms. The number of carbonyl (C=O) groups is 3. The molecule has 8 nitrogen and oxygen atoms in total. The lowest BCUT2D eigenvalue weighted by Crippen LogP contribution is -2.49. The van der Waals surface area contributed by atoms with Crippen LogP contribution in [0.1, 0.15) is 43.5 Å². The first-order valence-electron chi connectivity index (χ1n) is 10.5. The van der Waals surface area contributed by atoms with Crippen LogP contribution < -0.4 is 10.1 Å². The molecule has 1 fully saturated rings. The maximum Gasteiger partial charge on any atom is 0.338 e. The van der Waals surface area contributed by atoms with Gasteiger partial charge in [-0.15, -0.1) is 0 Å². The maximum atomic E-state index is 12.5. The van der Waals surface area contributed by atoms with Crippen molar-refractivity contribution in [3.05, 3.63) is 53.3 Å². The zero-order valence-corrected chi connectivity index (χ0v) is 18.8. The fourth-order valence-electron chi connectivity index (χ4n) is 3.70. The number of halogens is 1. The number of benzene rings is 1. The molecule has 1 aliphatic heterocycles. The SMILES string of the molecule is CC1CCCC(C)N1C(=O)COc1ccc(C(=O)OCC(=O)Nc2cccnc2Cl)cc1.